The molecular formula is C25H36Cl2N4O6. The normalized spacial score (nSPS) is 23.4. The molecule has 37 heavy (non-hydrogen) atoms. The molecule has 206 valence electrons. The fourth-order valence-corrected chi connectivity index (χ4v) is 4.82. The van der Waals surface area contributed by atoms with E-state index in [1.165, 1.54) is 0 Å². The number of benzene rings is 2. The summed E-state index contributed by atoms with van der Waals surface area (Å²) in [5.74, 6) is 1.47. The van der Waals surface area contributed by atoms with E-state index >= 15 is 0 Å². The number of amides is 2. The van der Waals surface area contributed by atoms with Crippen molar-refractivity contribution in [2.45, 2.75) is 24.4 Å². The summed E-state index contributed by atoms with van der Waals surface area (Å²) in [5, 5.41) is 26.2. The molecule has 2 fully saturated rings. The number of nitrogens with one attached hydrogen (secondary N) is 2. The van der Waals surface area contributed by atoms with Gasteiger partial charge < -0.3 is 40.0 Å². The Morgan fingerprint density at radius 1 is 1.03 bits per heavy atom. The predicted octanol–water partition coefficient (Wildman–Crippen LogP) is 1.98. The Hall–Kier alpha value is -2.47. The van der Waals surface area contributed by atoms with E-state index in [1.807, 2.05) is 24.3 Å². The molecule has 2 aromatic carbocycles. The predicted molar refractivity (Wildman–Crippen MR) is 147 cm³/mol. The summed E-state index contributed by atoms with van der Waals surface area (Å²) in [6, 6.07) is 14.3. The molecule has 0 spiro atoms. The minimum atomic E-state index is -0.856. The highest BCUT2D eigenvalue weighted by molar-refractivity contribution is 5.89. The SMILES string of the molecule is COc1cccc(NC(=O)NC[C@H]2O[C@@H](CO)[C@@H](O)[C@H]2N2CCN(c3ccccc3OC)CC2)c1.Cl.Cl. The number of hydrogen-bond acceptors (Lipinski definition) is 8. The minimum absolute atomic E-state index is 0. The number of piperazine rings is 1. The highest BCUT2D eigenvalue weighted by Gasteiger charge is 2.46. The van der Waals surface area contributed by atoms with E-state index in [9.17, 15) is 15.0 Å². The van der Waals surface area contributed by atoms with Gasteiger partial charge in [-0.15, -0.1) is 24.8 Å². The molecule has 2 saturated heterocycles. The Balaban J connectivity index is 0.00000241. The van der Waals surface area contributed by atoms with Crippen molar-refractivity contribution in [2.24, 2.45) is 0 Å². The van der Waals surface area contributed by atoms with Crippen LogP contribution in [0, 0.1) is 0 Å². The van der Waals surface area contributed by atoms with Gasteiger partial charge in [-0.1, -0.05) is 18.2 Å². The lowest BCUT2D eigenvalue weighted by Crippen LogP contribution is -2.57. The van der Waals surface area contributed by atoms with Gasteiger partial charge in [-0.2, -0.15) is 0 Å². The molecule has 2 amide bonds. The second-order valence-electron chi connectivity index (χ2n) is 8.64. The maximum absolute atomic E-state index is 12.5. The second kappa shape index (κ2) is 14.5. The van der Waals surface area contributed by atoms with E-state index in [-0.39, 0.29) is 50.0 Å². The average Bonchev–Trinajstić information content (AvgIpc) is 3.22. The molecule has 0 aliphatic carbocycles. The summed E-state index contributed by atoms with van der Waals surface area (Å²) in [6.07, 6.45) is -2.01. The van der Waals surface area contributed by atoms with Crippen LogP contribution in [0.4, 0.5) is 16.2 Å². The summed E-state index contributed by atoms with van der Waals surface area (Å²) in [4.78, 5) is 16.9. The van der Waals surface area contributed by atoms with Crippen molar-refractivity contribution in [3.63, 3.8) is 0 Å². The summed E-state index contributed by atoms with van der Waals surface area (Å²) in [5.41, 5.74) is 1.64. The quantitative estimate of drug-likeness (QED) is 0.388. The standard InChI is InChI=1S/C25H34N4O6.2ClH/c1-33-18-7-5-6-17(14-18)27-25(32)26-15-21-23(24(31)22(16-30)35-21)29-12-10-28(11-13-29)19-8-3-4-9-20(19)34-2;;/h3-9,14,21-24,30-31H,10-13,15-16H2,1-2H3,(H2,26,27,32);2*1H/t21-,22+,23+,24-;;/m1../s1. The molecule has 4 rings (SSSR count). The number of anilines is 2. The number of carbonyl (C=O) groups is 1. The van der Waals surface area contributed by atoms with Gasteiger partial charge in [0.05, 0.1) is 38.7 Å². The van der Waals surface area contributed by atoms with Crippen LogP contribution >= 0.6 is 24.8 Å². The number of halogens is 2. The van der Waals surface area contributed by atoms with E-state index in [0.29, 0.717) is 24.5 Å². The van der Waals surface area contributed by atoms with Crippen molar-refractivity contribution in [2.75, 3.05) is 63.8 Å². The Morgan fingerprint density at radius 3 is 2.43 bits per heavy atom. The highest BCUT2D eigenvalue weighted by atomic mass is 35.5. The van der Waals surface area contributed by atoms with Crippen LogP contribution in [0.5, 0.6) is 11.5 Å². The monoisotopic (exact) mass is 558 g/mol. The first kappa shape index (κ1) is 30.8. The molecule has 0 aromatic heterocycles. The van der Waals surface area contributed by atoms with Gasteiger partial charge in [-0.05, 0) is 24.3 Å². The third-order valence-electron chi connectivity index (χ3n) is 6.59. The maximum Gasteiger partial charge on any atom is 0.319 e. The number of aliphatic hydroxyl groups is 2. The molecular weight excluding hydrogens is 523 g/mol. The van der Waals surface area contributed by atoms with Gasteiger partial charge in [0.15, 0.2) is 0 Å². The van der Waals surface area contributed by atoms with Crippen LogP contribution in [0.3, 0.4) is 0 Å². The third-order valence-corrected chi connectivity index (χ3v) is 6.59. The van der Waals surface area contributed by atoms with Crippen molar-refractivity contribution in [1.82, 2.24) is 10.2 Å². The number of rotatable bonds is 8. The Labute approximate surface area is 229 Å². The topological polar surface area (TPSA) is 116 Å². The van der Waals surface area contributed by atoms with Gasteiger partial charge in [0.25, 0.3) is 0 Å². The minimum Gasteiger partial charge on any atom is -0.497 e. The van der Waals surface area contributed by atoms with Crippen LogP contribution in [0.15, 0.2) is 48.5 Å². The smallest absolute Gasteiger partial charge is 0.319 e. The molecule has 2 aliphatic rings. The first-order valence-corrected chi connectivity index (χ1v) is 11.8. The van der Waals surface area contributed by atoms with Gasteiger partial charge in [-0.25, -0.2) is 4.79 Å². The van der Waals surface area contributed by atoms with Gasteiger partial charge in [0.1, 0.15) is 23.7 Å². The largest absolute Gasteiger partial charge is 0.497 e. The first-order chi connectivity index (χ1) is 17.0. The van der Waals surface area contributed by atoms with Gasteiger partial charge in [0.2, 0.25) is 0 Å². The van der Waals surface area contributed by atoms with Gasteiger partial charge >= 0.3 is 6.03 Å². The van der Waals surface area contributed by atoms with E-state index in [0.717, 1.165) is 24.5 Å². The lowest BCUT2D eigenvalue weighted by atomic mass is 10.0. The average molecular weight is 559 g/mol. The number of urea groups is 1. The molecule has 0 bridgehead atoms. The number of para-hydroxylation sites is 2. The summed E-state index contributed by atoms with van der Waals surface area (Å²) < 4.78 is 16.6. The number of ether oxygens (including phenoxy) is 3. The molecule has 2 aromatic rings. The molecule has 4 atom stereocenters. The second-order valence-corrected chi connectivity index (χ2v) is 8.64. The Morgan fingerprint density at radius 2 is 1.76 bits per heavy atom. The lowest BCUT2D eigenvalue weighted by molar-refractivity contribution is -0.0205. The number of carbonyl (C=O) groups excluding carboxylic acids is 1. The van der Waals surface area contributed by atoms with Crippen molar-refractivity contribution in [3.8, 4) is 11.5 Å². The fraction of sp³-hybridized carbons (Fsp3) is 0.480. The fourth-order valence-electron chi connectivity index (χ4n) is 4.82. The number of aliphatic hydroxyl groups excluding tert-OH is 2. The van der Waals surface area contributed by atoms with Gasteiger partial charge in [-0.3, -0.25) is 4.90 Å². The summed E-state index contributed by atoms with van der Waals surface area (Å²) >= 11 is 0. The van der Waals surface area contributed by atoms with E-state index < -0.39 is 18.3 Å². The van der Waals surface area contributed by atoms with E-state index in [4.69, 9.17) is 14.2 Å². The van der Waals surface area contributed by atoms with Crippen LogP contribution in [0.25, 0.3) is 0 Å². The van der Waals surface area contributed by atoms with Crippen molar-refractivity contribution in [1.29, 1.82) is 0 Å². The highest BCUT2D eigenvalue weighted by Crippen LogP contribution is 2.31. The van der Waals surface area contributed by atoms with E-state index in [2.05, 4.69) is 20.4 Å². The van der Waals surface area contributed by atoms with Crippen molar-refractivity contribution < 1.29 is 29.2 Å². The molecule has 2 aliphatic heterocycles. The van der Waals surface area contributed by atoms with Crippen LogP contribution in [-0.2, 0) is 4.74 Å². The number of hydrogen-bond donors (Lipinski definition) is 4. The van der Waals surface area contributed by atoms with Crippen LogP contribution in [-0.4, -0.2) is 99.0 Å². The summed E-state index contributed by atoms with van der Waals surface area (Å²) in [6.45, 7) is 2.82. The molecule has 12 heteroatoms. The van der Waals surface area contributed by atoms with Crippen molar-refractivity contribution in [3.05, 3.63) is 48.5 Å². The van der Waals surface area contributed by atoms with E-state index in [1.54, 1.807) is 38.5 Å². The van der Waals surface area contributed by atoms with Crippen LogP contribution in [0.1, 0.15) is 0 Å². The maximum atomic E-state index is 12.5. The molecule has 4 N–H and O–H groups in total. The van der Waals surface area contributed by atoms with Crippen LogP contribution < -0.4 is 25.0 Å². The zero-order valence-corrected chi connectivity index (χ0v) is 22.5. The molecule has 2 heterocycles. The first-order valence-electron chi connectivity index (χ1n) is 11.8. The van der Waals surface area contributed by atoms with Crippen molar-refractivity contribution >= 4 is 42.2 Å². The van der Waals surface area contributed by atoms with Crippen LogP contribution in [0.2, 0.25) is 0 Å². The number of methoxy groups -OCH3 is 2. The third kappa shape index (κ3) is 7.31. The zero-order chi connectivity index (χ0) is 24.8. The molecule has 0 radical (unpaired) electrons. The molecule has 10 nitrogen and oxygen atoms in total. The zero-order valence-electron chi connectivity index (χ0n) is 20.9. The molecule has 0 saturated carbocycles. The van der Waals surface area contributed by atoms with Gasteiger partial charge in [0, 0.05) is 44.5 Å². The molecule has 0 unspecified atom stereocenters. The lowest BCUT2D eigenvalue weighted by Gasteiger charge is -2.41. The number of nitrogens with zero attached hydrogens (tertiary/aromatic N) is 2. The Kier molecular flexibility index (Phi) is 12.0. The Bertz CT molecular complexity index is 995. The summed E-state index contributed by atoms with van der Waals surface area (Å²) in [7, 11) is 3.23.